The van der Waals surface area contributed by atoms with Crippen molar-refractivity contribution in [2.24, 2.45) is 10.6 Å². The first-order valence-electron chi connectivity index (χ1n) is 12.1. The van der Waals surface area contributed by atoms with Crippen molar-refractivity contribution in [2.45, 2.75) is 67.6 Å². The summed E-state index contributed by atoms with van der Waals surface area (Å²) in [5.41, 5.74) is -1.37. The van der Waals surface area contributed by atoms with Gasteiger partial charge in [-0.1, -0.05) is 38.1 Å². The second-order valence-electron chi connectivity index (χ2n) is 10.1. The molecule has 1 aromatic carbocycles. The number of nitrogens with zero attached hydrogens (tertiary/aromatic N) is 4. The molecule has 1 amide bonds. The molecule has 0 unspecified atom stereocenters. The van der Waals surface area contributed by atoms with Crippen LogP contribution >= 0.6 is 0 Å². The van der Waals surface area contributed by atoms with Gasteiger partial charge in [0.05, 0.1) is 36.3 Å². The van der Waals surface area contributed by atoms with Gasteiger partial charge in [0, 0.05) is 18.7 Å². The van der Waals surface area contributed by atoms with E-state index < -0.39 is 22.6 Å². The van der Waals surface area contributed by atoms with Crippen LogP contribution < -0.4 is 21.0 Å². The fourth-order valence-corrected chi connectivity index (χ4v) is 3.37. The van der Waals surface area contributed by atoms with Crippen molar-refractivity contribution in [3.8, 4) is 5.75 Å². The van der Waals surface area contributed by atoms with Crippen LogP contribution in [0.25, 0.3) is 12.0 Å². The number of benzene rings is 1. The highest BCUT2D eigenvalue weighted by atomic mass is 16.6. The van der Waals surface area contributed by atoms with E-state index >= 15 is 0 Å². The van der Waals surface area contributed by atoms with Crippen LogP contribution in [0.5, 0.6) is 5.75 Å². The summed E-state index contributed by atoms with van der Waals surface area (Å²) in [6, 6.07) is 7.22. The Kier molecular flexibility index (Phi) is 9.49. The standard InChI is InChI=1S/C27H38N4O6/c1-17(2)36-23(20-13-11-12-14-22(20)35-10)16-30-15-21(19(5)28-37-18(3)4)24(32)31(26(30)34)29(9)25(33)27(6,7)8/h11-18H,1-10H3/b23-16-,28-19+. The van der Waals surface area contributed by atoms with E-state index in [4.69, 9.17) is 14.3 Å². The monoisotopic (exact) mass is 514 g/mol. The van der Waals surface area contributed by atoms with Gasteiger partial charge < -0.3 is 14.3 Å². The molecule has 0 spiro atoms. The molecule has 0 saturated carbocycles. The summed E-state index contributed by atoms with van der Waals surface area (Å²) < 4.78 is 13.5. The lowest BCUT2D eigenvalue weighted by atomic mass is 9.95. The van der Waals surface area contributed by atoms with E-state index in [-0.39, 0.29) is 23.5 Å². The van der Waals surface area contributed by atoms with E-state index in [0.717, 1.165) is 9.69 Å². The van der Waals surface area contributed by atoms with Crippen molar-refractivity contribution in [2.75, 3.05) is 19.2 Å². The van der Waals surface area contributed by atoms with Crippen molar-refractivity contribution in [1.82, 2.24) is 9.24 Å². The highest BCUT2D eigenvalue weighted by molar-refractivity contribution is 5.98. The Bertz CT molecular complexity index is 1300. The number of carbonyl (C=O) groups is 1. The lowest BCUT2D eigenvalue weighted by molar-refractivity contribution is -0.127. The summed E-state index contributed by atoms with van der Waals surface area (Å²) in [6.07, 6.45) is 2.37. The molecule has 10 nitrogen and oxygen atoms in total. The summed E-state index contributed by atoms with van der Waals surface area (Å²) in [6.45, 7) is 14.0. The van der Waals surface area contributed by atoms with Gasteiger partial charge in [0.15, 0.2) is 0 Å². The van der Waals surface area contributed by atoms with Gasteiger partial charge in [-0.15, -0.1) is 0 Å². The van der Waals surface area contributed by atoms with Crippen molar-refractivity contribution in [1.29, 1.82) is 0 Å². The Labute approximate surface area is 217 Å². The van der Waals surface area contributed by atoms with E-state index in [0.29, 0.717) is 17.1 Å². The molecule has 10 heteroatoms. The second-order valence-corrected chi connectivity index (χ2v) is 10.1. The number of para-hydroxylation sites is 1. The molecule has 0 N–H and O–H groups in total. The van der Waals surface area contributed by atoms with Crippen molar-refractivity contribution < 1.29 is 19.1 Å². The van der Waals surface area contributed by atoms with Crippen molar-refractivity contribution in [3.05, 3.63) is 62.4 Å². The van der Waals surface area contributed by atoms with Crippen LogP contribution in [0.3, 0.4) is 0 Å². The molecule has 1 aromatic heterocycles. The molecule has 1 heterocycles. The van der Waals surface area contributed by atoms with E-state index in [9.17, 15) is 14.4 Å². The molecule has 0 aliphatic rings. The number of oxime groups is 1. The Balaban J connectivity index is 2.92. The molecule has 2 aromatic rings. The normalized spacial score (nSPS) is 12.6. The number of methoxy groups -OCH3 is 1. The largest absolute Gasteiger partial charge is 0.496 e. The summed E-state index contributed by atoms with van der Waals surface area (Å²) >= 11 is 0. The number of aromatic nitrogens is 2. The van der Waals surface area contributed by atoms with Crippen LogP contribution in [-0.2, 0) is 14.4 Å². The van der Waals surface area contributed by atoms with Gasteiger partial charge >= 0.3 is 5.69 Å². The van der Waals surface area contributed by atoms with Gasteiger partial charge in [-0.05, 0) is 46.8 Å². The third kappa shape index (κ3) is 7.12. The zero-order valence-corrected chi connectivity index (χ0v) is 23.4. The van der Waals surface area contributed by atoms with Crippen LogP contribution in [0.2, 0.25) is 0 Å². The van der Waals surface area contributed by atoms with Gasteiger partial charge in [0.2, 0.25) is 5.91 Å². The van der Waals surface area contributed by atoms with Crippen molar-refractivity contribution in [3.63, 3.8) is 0 Å². The van der Waals surface area contributed by atoms with E-state index in [2.05, 4.69) is 5.16 Å². The molecular weight excluding hydrogens is 476 g/mol. The fraction of sp³-hybridized carbons (Fsp3) is 0.481. The zero-order valence-electron chi connectivity index (χ0n) is 23.4. The summed E-state index contributed by atoms with van der Waals surface area (Å²) in [5.74, 6) is 0.457. The number of amides is 1. The maximum absolute atomic E-state index is 13.6. The third-order valence-electron chi connectivity index (χ3n) is 5.11. The van der Waals surface area contributed by atoms with Crippen LogP contribution in [0.1, 0.15) is 66.5 Å². The average molecular weight is 515 g/mol. The SMILES string of the molecule is COc1ccccc1/C(=C/n1cc(/C(C)=N/OC(C)C)c(=O)n(N(C)C(=O)C(C)(C)C)c1=O)OC(C)C. The smallest absolute Gasteiger partial charge is 0.354 e. The van der Waals surface area contributed by atoms with Gasteiger partial charge in [-0.25, -0.2) is 9.80 Å². The highest BCUT2D eigenvalue weighted by Crippen LogP contribution is 2.28. The van der Waals surface area contributed by atoms with Crippen LogP contribution in [-0.4, -0.2) is 47.2 Å². The quantitative estimate of drug-likeness (QED) is 0.287. The summed E-state index contributed by atoms with van der Waals surface area (Å²) in [7, 11) is 2.93. The molecule has 0 bridgehead atoms. The predicted molar refractivity (Wildman–Crippen MR) is 145 cm³/mol. The maximum atomic E-state index is 13.6. The molecule has 202 valence electrons. The molecular formula is C27H38N4O6. The van der Waals surface area contributed by atoms with Crippen LogP contribution in [0.4, 0.5) is 0 Å². The predicted octanol–water partition coefficient (Wildman–Crippen LogP) is 3.69. The number of carbonyl (C=O) groups excluding carboxylic acids is 1. The molecule has 37 heavy (non-hydrogen) atoms. The maximum Gasteiger partial charge on any atom is 0.354 e. The first-order chi connectivity index (χ1) is 17.2. The topological polar surface area (TPSA) is 104 Å². The van der Waals surface area contributed by atoms with Gasteiger partial charge in [0.25, 0.3) is 5.56 Å². The molecule has 0 saturated heterocycles. The zero-order chi connectivity index (χ0) is 28.1. The lowest BCUT2D eigenvalue weighted by Gasteiger charge is -2.27. The number of ether oxygens (including phenoxy) is 2. The van der Waals surface area contributed by atoms with Crippen molar-refractivity contribution >= 4 is 23.6 Å². The molecule has 0 aliphatic carbocycles. The van der Waals surface area contributed by atoms with Gasteiger partial charge in [-0.3, -0.25) is 14.2 Å². The highest BCUT2D eigenvalue weighted by Gasteiger charge is 2.29. The van der Waals surface area contributed by atoms with E-state index in [1.807, 2.05) is 26.0 Å². The minimum absolute atomic E-state index is 0.0778. The molecule has 0 aliphatic heterocycles. The molecule has 2 rings (SSSR count). The third-order valence-corrected chi connectivity index (χ3v) is 5.11. The van der Waals surface area contributed by atoms with Gasteiger partial charge in [0.1, 0.15) is 17.6 Å². The van der Waals surface area contributed by atoms with Gasteiger partial charge in [-0.2, -0.15) is 4.68 Å². The Morgan fingerprint density at radius 2 is 1.68 bits per heavy atom. The number of hydrogen-bond acceptors (Lipinski definition) is 7. The van der Waals surface area contributed by atoms with E-state index in [1.54, 1.807) is 53.7 Å². The first kappa shape index (κ1) is 29.4. The first-order valence-corrected chi connectivity index (χ1v) is 12.1. The minimum atomic E-state index is -0.843. The summed E-state index contributed by atoms with van der Waals surface area (Å²) in [5, 5.41) is 5.07. The molecule has 0 atom stereocenters. The van der Waals surface area contributed by atoms with E-state index in [1.165, 1.54) is 31.1 Å². The number of hydrogen-bond donors (Lipinski definition) is 0. The second kappa shape index (κ2) is 11.9. The van der Waals surface area contributed by atoms with Crippen LogP contribution in [0, 0.1) is 5.41 Å². The average Bonchev–Trinajstić information content (AvgIpc) is 2.82. The fourth-order valence-electron chi connectivity index (χ4n) is 3.37. The molecule has 0 radical (unpaired) electrons. The minimum Gasteiger partial charge on any atom is -0.496 e. The Hall–Kier alpha value is -3.82. The Morgan fingerprint density at radius 1 is 1.05 bits per heavy atom. The summed E-state index contributed by atoms with van der Waals surface area (Å²) in [4.78, 5) is 45.5. The lowest BCUT2D eigenvalue weighted by Crippen LogP contribution is -2.56. The van der Waals surface area contributed by atoms with Crippen LogP contribution in [0.15, 0.2) is 45.2 Å². The Morgan fingerprint density at radius 3 is 2.22 bits per heavy atom. The molecule has 0 fully saturated rings. The number of rotatable bonds is 9.